The Labute approximate surface area is 68.6 Å². The summed E-state index contributed by atoms with van der Waals surface area (Å²) in [6, 6.07) is 0. The predicted octanol–water partition coefficient (Wildman–Crippen LogP) is 2.54. The Morgan fingerprint density at radius 1 is 1.00 bits per heavy atom. The van der Waals surface area contributed by atoms with Crippen molar-refractivity contribution in [1.29, 1.82) is 0 Å². The minimum absolute atomic E-state index is 0.765. The SMILES string of the molecule is C\C=C/C=C\C(N)=C/C=C/C. The Balaban J connectivity index is 3.94. The fraction of sp³-hybridized carbons (Fsp3) is 0.200. The Morgan fingerprint density at radius 2 is 1.64 bits per heavy atom. The van der Waals surface area contributed by atoms with Crippen molar-refractivity contribution in [3.63, 3.8) is 0 Å². The average molecular weight is 149 g/mol. The summed E-state index contributed by atoms with van der Waals surface area (Å²) in [4.78, 5) is 0. The standard InChI is InChI=1S/C10H15N/c1-3-5-7-9-10(11)8-6-4-2/h3-9H,11H2,1-2H3/b5-3-,6-4+,9-7-,10-8+. The van der Waals surface area contributed by atoms with E-state index >= 15 is 0 Å². The van der Waals surface area contributed by atoms with Crippen molar-refractivity contribution < 1.29 is 0 Å². The topological polar surface area (TPSA) is 26.0 Å². The summed E-state index contributed by atoms with van der Waals surface area (Å²) in [6.45, 7) is 3.93. The molecule has 0 aliphatic carbocycles. The highest BCUT2D eigenvalue weighted by Crippen LogP contribution is 1.88. The lowest BCUT2D eigenvalue weighted by molar-refractivity contribution is 1.42. The lowest BCUT2D eigenvalue weighted by Crippen LogP contribution is -1.90. The van der Waals surface area contributed by atoms with Crippen LogP contribution in [0.25, 0.3) is 0 Å². The van der Waals surface area contributed by atoms with Crippen molar-refractivity contribution in [1.82, 2.24) is 0 Å². The van der Waals surface area contributed by atoms with E-state index in [1.54, 1.807) is 0 Å². The first-order valence-corrected chi connectivity index (χ1v) is 3.69. The summed E-state index contributed by atoms with van der Waals surface area (Å²) >= 11 is 0. The Kier molecular flexibility index (Phi) is 6.10. The number of rotatable bonds is 3. The number of hydrogen-bond donors (Lipinski definition) is 1. The highest BCUT2D eigenvalue weighted by atomic mass is 14.5. The van der Waals surface area contributed by atoms with E-state index in [1.807, 2.05) is 56.4 Å². The molecule has 0 heterocycles. The van der Waals surface area contributed by atoms with E-state index in [-0.39, 0.29) is 0 Å². The van der Waals surface area contributed by atoms with Crippen LogP contribution in [0.1, 0.15) is 13.8 Å². The number of allylic oxidation sites excluding steroid dienone is 7. The quantitative estimate of drug-likeness (QED) is 0.613. The van der Waals surface area contributed by atoms with Gasteiger partial charge in [-0.3, -0.25) is 0 Å². The van der Waals surface area contributed by atoms with Crippen LogP contribution in [-0.2, 0) is 0 Å². The summed E-state index contributed by atoms with van der Waals surface area (Å²) in [7, 11) is 0. The zero-order chi connectivity index (χ0) is 8.53. The summed E-state index contributed by atoms with van der Waals surface area (Å²) in [5, 5.41) is 0. The van der Waals surface area contributed by atoms with Crippen LogP contribution in [0, 0.1) is 0 Å². The minimum Gasteiger partial charge on any atom is -0.399 e. The zero-order valence-corrected chi connectivity index (χ0v) is 7.12. The van der Waals surface area contributed by atoms with Gasteiger partial charge in [0.15, 0.2) is 0 Å². The van der Waals surface area contributed by atoms with Crippen molar-refractivity contribution in [3.05, 3.63) is 48.2 Å². The van der Waals surface area contributed by atoms with Crippen molar-refractivity contribution in [2.45, 2.75) is 13.8 Å². The van der Waals surface area contributed by atoms with Gasteiger partial charge in [0, 0.05) is 5.70 Å². The first kappa shape index (κ1) is 9.76. The molecule has 0 aliphatic rings. The zero-order valence-electron chi connectivity index (χ0n) is 7.12. The predicted molar refractivity (Wildman–Crippen MR) is 51.0 cm³/mol. The highest BCUT2D eigenvalue weighted by molar-refractivity contribution is 5.22. The van der Waals surface area contributed by atoms with Gasteiger partial charge in [-0.2, -0.15) is 0 Å². The molecule has 0 atom stereocenters. The highest BCUT2D eigenvalue weighted by Gasteiger charge is 1.74. The molecule has 60 valence electrons. The van der Waals surface area contributed by atoms with Gasteiger partial charge in [0.25, 0.3) is 0 Å². The van der Waals surface area contributed by atoms with Gasteiger partial charge in [-0.15, -0.1) is 0 Å². The molecule has 0 aromatic heterocycles. The summed E-state index contributed by atoms with van der Waals surface area (Å²) in [5.74, 6) is 0. The van der Waals surface area contributed by atoms with Crippen LogP contribution in [-0.4, -0.2) is 0 Å². The first-order valence-electron chi connectivity index (χ1n) is 3.69. The molecule has 0 fully saturated rings. The molecular weight excluding hydrogens is 134 g/mol. The molecular formula is C10H15N. The monoisotopic (exact) mass is 149 g/mol. The maximum atomic E-state index is 5.59. The van der Waals surface area contributed by atoms with Crippen molar-refractivity contribution in [2.24, 2.45) is 5.73 Å². The van der Waals surface area contributed by atoms with Gasteiger partial charge in [0.1, 0.15) is 0 Å². The van der Waals surface area contributed by atoms with Gasteiger partial charge in [0.05, 0.1) is 0 Å². The molecule has 11 heavy (non-hydrogen) atoms. The molecule has 0 saturated heterocycles. The van der Waals surface area contributed by atoms with Crippen molar-refractivity contribution in [2.75, 3.05) is 0 Å². The van der Waals surface area contributed by atoms with E-state index < -0.39 is 0 Å². The molecule has 0 amide bonds. The molecule has 2 N–H and O–H groups in total. The molecule has 0 aliphatic heterocycles. The van der Waals surface area contributed by atoms with Crippen LogP contribution in [0.15, 0.2) is 48.2 Å². The normalized spacial score (nSPS) is 14.2. The molecule has 0 radical (unpaired) electrons. The van der Waals surface area contributed by atoms with Crippen LogP contribution >= 0.6 is 0 Å². The third kappa shape index (κ3) is 6.65. The third-order valence-electron chi connectivity index (χ3n) is 1.07. The molecule has 0 rings (SSSR count). The Bertz CT molecular complexity index is 195. The Hall–Kier alpha value is -1.24. The second kappa shape index (κ2) is 6.87. The van der Waals surface area contributed by atoms with Crippen LogP contribution in [0.4, 0.5) is 0 Å². The molecule has 1 nitrogen and oxygen atoms in total. The maximum absolute atomic E-state index is 5.59. The summed E-state index contributed by atoms with van der Waals surface area (Å²) < 4.78 is 0. The van der Waals surface area contributed by atoms with E-state index in [0.29, 0.717) is 0 Å². The van der Waals surface area contributed by atoms with Gasteiger partial charge in [-0.1, -0.05) is 30.4 Å². The van der Waals surface area contributed by atoms with E-state index in [4.69, 9.17) is 5.73 Å². The Morgan fingerprint density at radius 3 is 2.18 bits per heavy atom. The first-order chi connectivity index (χ1) is 5.31. The largest absolute Gasteiger partial charge is 0.399 e. The van der Waals surface area contributed by atoms with Crippen LogP contribution < -0.4 is 5.73 Å². The van der Waals surface area contributed by atoms with Gasteiger partial charge in [-0.05, 0) is 26.0 Å². The third-order valence-corrected chi connectivity index (χ3v) is 1.07. The second-order valence-corrected chi connectivity index (χ2v) is 2.08. The van der Waals surface area contributed by atoms with Crippen LogP contribution in [0.2, 0.25) is 0 Å². The van der Waals surface area contributed by atoms with Crippen molar-refractivity contribution >= 4 is 0 Å². The summed E-state index contributed by atoms with van der Waals surface area (Å²) in [6.07, 6.45) is 13.4. The van der Waals surface area contributed by atoms with Gasteiger partial charge in [-0.25, -0.2) is 0 Å². The van der Waals surface area contributed by atoms with Gasteiger partial charge < -0.3 is 5.73 Å². The molecule has 0 unspecified atom stereocenters. The molecule has 1 heteroatoms. The minimum atomic E-state index is 0.765. The maximum Gasteiger partial charge on any atom is 0.0313 e. The molecule has 0 spiro atoms. The molecule has 0 bridgehead atoms. The van der Waals surface area contributed by atoms with E-state index in [1.165, 1.54) is 0 Å². The average Bonchev–Trinajstić information content (AvgIpc) is 2.01. The van der Waals surface area contributed by atoms with E-state index in [9.17, 15) is 0 Å². The number of hydrogen-bond acceptors (Lipinski definition) is 1. The van der Waals surface area contributed by atoms with Crippen molar-refractivity contribution in [3.8, 4) is 0 Å². The molecule has 0 saturated carbocycles. The molecule has 0 aromatic rings. The van der Waals surface area contributed by atoms with Crippen LogP contribution in [0.5, 0.6) is 0 Å². The lowest BCUT2D eigenvalue weighted by atomic mass is 10.3. The van der Waals surface area contributed by atoms with Gasteiger partial charge >= 0.3 is 0 Å². The van der Waals surface area contributed by atoms with E-state index in [2.05, 4.69) is 0 Å². The smallest absolute Gasteiger partial charge is 0.0313 e. The fourth-order valence-corrected chi connectivity index (χ4v) is 0.541. The number of nitrogens with two attached hydrogens (primary N) is 1. The fourth-order valence-electron chi connectivity index (χ4n) is 0.541. The molecule has 0 aromatic carbocycles. The van der Waals surface area contributed by atoms with Gasteiger partial charge in [0.2, 0.25) is 0 Å². The second-order valence-electron chi connectivity index (χ2n) is 2.08. The summed E-state index contributed by atoms with van der Waals surface area (Å²) in [5.41, 5.74) is 6.35. The lowest BCUT2D eigenvalue weighted by Gasteiger charge is -1.85. The van der Waals surface area contributed by atoms with E-state index in [0.717, 1.165) is 5.70 Å². The van der Waals surface area contributed by atoms with Crippen LogP contribution in [0.3, 0.4) is 0 Å².